The Bertz CT molecular complexity index is 519. The van der Waals surface area contributed by atoms with Crippen molar-refractivity contribution in [1.29, 1.82) is 0 Å². The molecule has 0 bridgehead atoms. The summed E-state index contributed by atoms with van der Waals surface area (Å²) in [5.41, 5.74) is 2.25. The number of carbonyl (C=O) groups excluding carboxylic acids is 1. The monoisotopic (exact) mass is 278 g/mol. The largest absolute Gasteiger partial charge is 0.356 e. The van der Waals surface area contributed by atoms with E-state index in [1.807, 2.05) is 19.1 Å². The van der Waals surface area contributed by atoms with Crippen LogP contribution in [0.15, 0.2) is 35.1 Å². The van der Waals surface area contributed by atoms with Crippen molar-refractivity contribution < 1.29 is 4.79 Å². The summed E-state index contributed by atoms with van der Waals surface area (Å²) in [5.74, 6) is -0.0338. The Labute approximate surface area is 102 Å². The number of H-pyrrole nitrogens is 1. The molecule has 16 heavy (non-hydrogen) atoms. The van der Waals surface area contributed by atoms with E-state index in [2.05, 4.69) is 25.9 Å². The van der Waals surface area contributed by atoms with Crippen LogP contribution in [0, 0.1) is 0 Å². The third-order valence-corrected chi connectivity index (χ3v) is 2.77. The zero-order valence-corrected chi connectivity index (χ0v) is 10.4. The molecular weight excluding hydrogens is 268 g/mol. The average Bonchev–Trinajstić information content (AvgIpc) is 2.76. The highest BCUT2D eigenvalue weighted by Crippen LogP contribution is 2.14. The van der Waals surface area contributed by atoms with Crippen molar-refractivity contribution >= 4 is 21.7 Å². The van der Waals surface area contributed by atoms with Crippen LogP contribution in [0.5, 0.6) is 0 Å². The zero-order valence-electron chi connectivity index (χ0n) is 8.83. The Morgan fingerprint density at radius 2 is 2.25 bits per heavy atom. The van der Waals surface area contributed by atoms with Gasteiger partial charge in [0.2, 0.25) is 5.78 Å². The lowest BCUT2D eigenvalue weighted by Gasteiger charge is -1.98. The Kier molecular flexibility index (Phi) is 3.19. The van der Waals surface area contributed by atoms with Crippen molar-refractivity contribution in [2.24, 2.45) is 0 Å². The molecule has 82 valence electrons. The van der Waals surface area contributed by atoms with Crippen molar-refractivity contribution in [1.82, 2.24) is 9.97 Å². The van der Waals surface area contributed by atoms with E-state index in [4.69, 9.17) is 0 Å². The summed E-state index contributed by atoms with van der Waals surface area (Å²) in [7, 11) is 0. The highest BCUT2D eigenvalue weighted by Gasteiger charge is 2.11. The van der Waals surface area contributed by atoms with Gasteiger partial charge < -0.3 is 4.98 Å². The standard InChI is InChI=1S/C12H11BrN2O/c1-2-10-3-4-11(15-10)12(16)8-5-9(13)7-14-6-8/h3-7,15H,2H2,1H3. The summed E-state index contributed by atoms with van der Waals surface area (Å²) in [4.78, 5) is 19.1. The van der Waals surface area contributed by atoms with Crippen LogP contribution >= 0.6 is 15.9 Å². The molecule has 3 nitrogen and oxygen atoms in total. The first-order chi connectivity index (χ1) is 7.70. The van der Waals surface area contributed by atoms with Gasteiger partial charge in [0.05, 0.1) is 5.69 Å². The van der Waals surface area contributed by atoms with Gasteiger partial charge in [-0.15, -0.1) is 0 Å². The highest BCUT2D eigenvalue weighted by molar-refractivity contribution is 9.10. The molecule has 0 saturated carbocycles. The quantitative estimate of drug-likeness (QED) is 0.878. The molecule has 1 N–H and O–H groups in total. The fourth-order valence-corrected chi connectivity index (χ4v) is 1.84. The van der Waals surface area contributed by atoms with E-state index < -0.39 is 0 Å². The molecule has 2 rings (SSSR count). The number of pyridine rings is 1. The number of aryl methyl sites for hydroxylation is 1. The van der Waals surface area contributed by atoms with Crippen molar-refractivity contribution in [3.05, 3.63) is 52.0 Å². The van der Waals surface area contributed by atoms with Crippen LogP contribution in [-0.4, -0.2) is 15.8 Å². The third kappa shape index (κ3) is 2.22. The van der Waals surface area contributed by atoms with Crippen molar-refractivity contribution in [3.63, 3.8) is 0 Å². The highest BCUT2D eigenvalue weighted by atomic mass is 79.9. The van der Waals surface area contributed by atoms with Crippen molar-refractivity contribution in [3.8, 4) is 0 Å². The Morgan fingerprint density at radius 1 is 1.44 bits per heavy atom. The average molecular weight is 279 g/mol. The SMILES string of the molecule is CCc1ccc(C(=O)c2cncc(Br)c2)[nH]1. The first kappa shape index (κ1) is 11.1. The minimum Gasteiger partial charge on any atom is -0.356 e. The second-order valence-corrected chi connectivity index (χ2v) is 4.39. The Hall–Kier alpha value is -1.42. The normalized spacial score (nSPS) is 10.4. The maximum atomic E-state index is 12.0. The first-order valence-corrected chi connectivity index (χ1v) is 5.83. The minimum absolute atomic E-state index is 0.0338. The maximum Gasteiger partial charge on any atom is 0.210 e. The summed E-state index contributed by atoms with van der Waals surface area (Å²) in [6.07, 6.45) is 4.12. The molecule has 0 saturated heterocycles. The van der Waals surface area contributed by atoms with Crippen molar-refractivity contribution in [2.45, 2.75) is 13.3 Å². The molecule has 0 atom stereocenters. The van der Waals surface area contributed by atoms with E-state index in [9.17, 15) is 4.79 Å². The van der Waals surface area contributed by atoms with E-state index in [1.54, 1.807) is 18.5 Å². The first-order valence-electron chi connectivity index (χ1n) is 5.04. The van der Waals surface area contributed by atoms with Gasteiger partial charge in [0.25, 0.3) is 0 Å². The van der Waals surface area contributed by atoms with Crippen LogP contribution in [0.25, 0.3) is 0 Å². The molecule has 2 heterocycles. The van der Waals surface area contributed by atoms with Crippen LogP contribution in [-0.2, 0) is 6.42 Å². The summed E-state index contributed by atoms with van der Waals surface area (Å²) >= 11 is 3.30. The number of aromatic amines is 1. The molecule has 0 aromatic carbocycles. The van der Waals surface area contributed by atoms with Gasteiger partial charge in [0, 0.05) is 28.1 Å². The number of hydrogen-bond acceptors (Lipinski definition) is 2. The fraction of sp³-hybridized carbons (Fsp3) is 0.167. The van der Waals surface area contributed by atoms with Gasteiger partial charge in [-0.2, -0.15) is 0 Å². The van der Waals surface area contributed by atoms with Gasteiger partial charge in [-0.25, -0.2) is 0 Å². The minimum atomic E-state index is -0.0338. The third-order valence-electron chi connectivity index (χ3n) is 2.34. The summed E-state index contributed by atoms with van der Waals surface area (Å²) in [5, 5.41) is 0. The Morgan fingerprint density at radius 3 is 2.88 bits per heavy atom. The van der Waals surface area contributed by atoms with E-state index in [0.29, 0.717) is 11.3 Å². The predicted octanol–water partition coefficient (Wildman–Crippen LogP) is 2.97. The zero-order chi connectivity index (χ0) is 11.5. The van der Waals surface area contributed by atoms with Crippen LogP contribution in [0.1, 0.15) is 28.7 Å². The van der Waals surface area contributed by atoms with E-state index >= 15 is 0 Å². The molecule has 0 aliphatic rings. The van der Waals surface area contributed by atoms with Gasteiger partial charge in [-0.05, 0) is 40.5 Å². The molecule has 0 unspecified atom stereocenters. The number of halogens is 1. The molecule has 0 amide bonds. The molecule has 0 fully saturated rings. The van der Waals surface area contributed by atoms with E-state index in [0.717, 1.165) is 16.6 Å². The van der Waals surface area contributed by atoms with Crippen molar-refractivity contribution in [2.75, 3.05) is 0 Å². The fourth-order valence-electron chi connectivity index (χ4n) is 1.47. The molecular formula is C12H11BrN2O. The summed E-state index contributed by atoms with van der Waals surface area (Å²) in [6, 6.07) is 5.50. The van der Waals surface area contributed by atoms with Crippen LogP contribution in [0.3, 0.4) is 0 Å². The lowest BCUT2D eigenvalue weighted by atomic mass is 10.1. The second-order valence-electron chi connectivity index (χ2n) is 3.47. The number of nitrogens with zero attached hydrogens (tertiary/aromatic N) is 1. The number of carbonyl (C=O) groups is 1. The summed E-state index contributed by atoms with van der Waals surface area (Å²) < 4.78 is 0.806. The molecule has 4 heteroatoms. The molecule has 2 aromatic heterocycles. The topological polar surface area (TPSA) is 45.8 Å². The lowest BCUT2D eigenvalue weighted by molar-refractivity contribution is 0.103. The number of hydrogen-bond donors (Lipinski definition) is 1. The number of nitrogens with one attached hydrogen (secondary N) is 1. The lowest BCUT2D eigenvalue weighted by Crippen LogP contribution is -2.02. The number of rotatable bonds is 3. The molecule has 0 spiro atoms. The Balaban J connectivity index is 2.31. The van der Waals surface area contributed by atoms with Crippen LogP contribution in [0.4, 0.5) is 0 Å². The van der Waals surface area contributed by atoms with Gasteiger partial charge in [-0.3, -0.25) is 9.78 Å². The molecule has 2 aromatic rings. The van der Waals surface area contributed by atoms with Crippen LogP contribution < -0.4 is 0 Å². The number of ketones is 1. The molecule has 0 aliphatic carbocycles. The van der Waals surface area contributed by atoms with Gasteiger partial charge in [0.1, 0.15) is 0 Å². The number of aromatic nitrogens is 2. The smallest absolute Gasteiger partial charge is 0.210 e. The van der Waals surface area contributed by atoms with E-state index in [1.165, 1.54) is 0 Å². The molecule has 0 radical (unpaired) electrons. The van der Waals surface area contributed by atoms with E-state index in [-0.39, 0.29) is 5.78 Å². The van der Waals surface area contributed by atoms with Gasteiger partial charge >= 0.3 is 0 Å². The van der Waals surface area contributed by atoms with Crippen LogP contribution in [0.2, 0.25) is 0 Å². The van der Waals surface area contributed by atoms with Gasteiger partial charge in [0.15, 0.2) is 0 Å². The maximum absolute atomic E-state index is 12.0. The second kappa shape index (κ2) is 4.61. The summed E-state index contributed by atoms with van der Waals surface area (Å²) in [6.45, 7) is 2.04. The van der Waals surface area contributed by atoms with Gasteiger partial charge in [-0.1, -0.05) is 6.92 Å². The molecule has 0 aliphatic heterocycles. The predicted molar refractivity (Wildman–Crippen MR) is 65.5 cm³/mol.